The SMILES string of the molecule is COc1ccc(S(=O)(=O)NC(C)C)cc1NC(=O)CN(c1ccc(S(=O)(=O)N2CCOCC2)cc1)S(C)(=O)=O. The van der Waals surface area contributed by atoms with E-state index in [2.05, 4.69) is 10.0 Å². The summed E-state index contributed by atoms with van der Waals surface area (Å²) in [5.74, 6) is -0.620. The molecule has 0 bridgehead atoms. The molecule has 2 aromatic carbocycles. The Morgan fingerprint density at radius 2 is 1.59 bits per heavy atom. The number of hydrogen-bond donors (Lipinski definition) is 2. The lowest BCUT2D eigenvalue weighted by molar-refractivity contribution is -0.114. The molecule has 13 nitrogen and oxygen atoms in total. The van der Waals surface area contributed by atoms with Crippen molar-refractivity contribution in [3.05, 3.63) is 42.5 Å². The van der Waals surface area contributed by atoms with Crippen LogP contribution in [-0.4, -0.2) is 87.7 Å². The fourth-order valence-corrected chi connectivity index (χ4v) is 7.31. The minimum absolute atomic E-state index is 0.0227. The average molecular weight is 605 g/mol. The zero-order valence-electron chi connectivity index (χ0n) is 21.9. The van der Waals surface area contributed by atoms with Crippen LogP contribution in [0.15, 0.2) is 52.3 Å². The Labute approximate surface area is 229 Å². The average Bonchev–Trinajstić information content (AvgIpc) is 2.86. The predicted molar refractivity (Wildman–Crippen MR) is 145 cm³/mol. The highest BCUT2D eigenvalue weighted by molar-refractivity contribution is 7.92. The number of carbonyl (C=O) groups excluding carboxylic acids is 1. The molecule has 2 N–H and O–H groups in total. The number of benzene rings is 2. The Morgan fingerprint density at radius 3 is 2.13 bits per heavy atom. The third kappa shape index (κ3) is 7.67. The van der Waals surface area contributed by atoms with Crippen LogP contribution in [0.4, 0.5) is 11.4 Å². The van der Waals surface area contributed by atoms with Gasteiger partial charge in [-0.1, -0.05) is 0 Å². The van der Waals surface area contributed by atoms with Gasteiger partial charge in [-0.15, -0.1) is 0 Å². The Hall–Kier alpha value is -2.76. The number of nitrogens with one attached hydrogen (secondary N) is 2. The van der Waals surface area contributed by atoms with E-state index in [1.807, 2.05) is 0 Å². The number of amides is 1. The topological polar surface area (TPSA) is 168 Å². The summed E-state index contributed by atoms with van der Waals surface area (Å²) in [6, 6.07) is 8.66. The maximum Gasteiger partial charge on any atom is 0.245 e. The number of nitrogens with zero attached hydrogens (tertiary/aromatic N) is 2. The van der Waals surface area contributed by atoms with Gasteiger partial charge in [0.05, 0.1) is 47.7 Å². The molecular weight excluding hydrogens is 572 g/mol. The third-order valence-corrected chi connectivity index (χ3v) is 10.3. The molecule has 0 radical (unpaired) electrons. The molecule has 1 fully saturated rings. The molecule has 1 saturated heterocycles. The molecule has 1 amide bonds. The molecule has 0 unspecified atom stereocenters. The van der Waals surface area contributed by atoms with E-state index < -0.39 is 42.5 Å². The van der Waals surface area contributed by atoms with Gasteiger partial charge in [0, 0.05) is 19.1 Å². The van der Waals surface area contributed by atoms with E-state index in [9.17, 15) is 30.0 Å². The first-order valence-corrected chi connectivity index (χ1v) is 16.6. The van der Waals surface area contributed by atoms with Crippen molar-refractivity contribution in [3.8, 4) is 5.75 Å². The molecule has 216 valence electrons. The van der Waals surface area contributed by atoms with E-state index in [-0.39, 0.29) is 59.3 Å². The van der Waals surface area contributed by atoms with Gasteiger partial charge in [0.2, 0.25) is 36.0 Å². The van der Waals surface area contributed by atoms with Gasteiger partial charge in [-0.25, -0.2) is 30.0 Å². The maximum absolute atomic E-state index is 12.9. The molecule has 0 aliphatic carbocycles. The number of methoxy groups -OCH3 is 1. The Balaban J connectivity index is 1.84. The first kappa shape index (κ1) is 30.8. The van der Waals surface area contributed by atoms with Crippen molar-refractivity contribution in [3.63, 3.8) is 0 Å². The molecule has 0 saturated carbocycles. The Morgan fingerprint density at radius 1 is 1.00 bits per heavy atom. The molecule has 1 heterocycles. The van der Waals surface area contributed by atoms with Gasteiger partial charge in [-0.2, -0.15) is 4.31 Å². The second kappa shape index (κ2) is 12.2. The second-order valence-electron chi connectivity index (χ2n) is 8.97. The summed E-state index contributed by atoms with van der Waals surface area (Å²) < 4.78 is 90.9. The number of carbonyl (C=O) groups is 1. The molecule has 3 rings (SSSR count). The van der Waals surface area contributed by atoms with Gasteiger partial charge < -0.3 is 14.8 Å². The van der Waals surface area contributed by atoms with Crippen molar-refractivity contribution < 1.29 is 39.5 Å². The van der Waals surface area contributed by atoms with Crippen LogP contribution in [0.1, 0.15) is 13.8 Å². The minimum Gasteiger partial charge on any atom is -0.495 e. The second-order valence-corrected chi connectivity index (χ2v) is 14.5. The molecule has 0 atom stereocenters. The summed E-state index contributed by atoms with van der Waals surface area (Å²) in [4.78, 5) is 12.8. The van der Waals surface area contributed by atoms with Crippen LogP contribution < -0.4 is 19.1 Å². The van der Waals surface area contributed by atoms with Crippen LogP contribution in [0.2, 0.25) is 0 Å². The number of morpholine rings is 1. The van der Waals surface area contributed by atoms with Crippen LogP contribution in [0.5, 0.6) is 5.75 Å². The van der Waals surface area contributed by atoms with Crippen molar-refractivity contribution in [2.45, 2.75) is 29.7 Å². The third-order valence-electron chi connectivity index (χ3n) is 5.57. The number of sulfonamides is 3. The summed E-state index contributed by atoms with van der Waals surface area (Å²) in [5, 5.41) is 2.50. The van der Waals surface area contributed by atoms with Gasteiger partial charge >= 0.3 is 0 Å². The molecule has 0 spiro atoms. The maximum atomic E-state index is 12.9. The molecule has 39 heavy (non-hydrogen) atoms. The van der Waals surface area contributed by atoms with Gasteiger partial charge in [0.25, 0.3) is 0 Å². The van der Waals surface area contributed by atoms with Crippen LogP contribution in [0, 0.1) is 0 Å². The van der Waals surface area contributed by atoms with E-state index in [1.165, 1.54) is 53.9 Å². The highest BCUT2D eigenvalue weighted by atomic mass is 32.2. The van der Waals surface area contributed by atoms with E-state index in [0.717, 1.165) is 10.6 Å². The quantitative estimate of drug-likeness (QED) is 0.377. The summed E-state index contributed by atoms with van der Waals surface area (Å²) in [7, 11) is -10.3. The lowest BCUT2D eigenvalue weighted by Crippen LogP contribution is -2.40. The van der Waals surface area contributed by atoms with Crippen molar-refractivity contribution in [2.75, 3.05) is 55.8 Å². The monoisotopic (exact) mass is 604 g/mol. The van der Waals surface area contributed by atoms with Gasteiger partial charge in [-0.05, 0) is 56.3 Å². The zero-order valence-corrected chi connectivity index (χ0v) is 24.4. The first-order chi connectivity index (χ1) is 18.1. The van der Waals surface area contributed by atoms with Crippen LogP contribution >= 0.6 is 0 Å². The van der Waals surface area contributed by atoms with Gasteiger partial charge in [0.15, 0.2) is 0 Å². The van der Waals surface area contributed by atoms with Crippen LogP contribution in [0.25, 0.3) is 0 Å². The number of hydrogen-bond acceptors (Lipinski definition) is 9. The highest BCUT2D eigenvalue weighted by Gasteiger charge is 2.28. The molecule has 0 aromatic heterocycles. The molecule has 16 heteroatoms. The predicted octanol–water partition coefficient (Wildman–Crippen LogP) is 0.808. The largest absolute Gasteiger partial charge is 0.495 e. The lowest BCUT2D eigenvalue weighted by Gasteiger charge is -2.26. The molecular formula is C23H32N4O9S3. The summed E-state index contributed by atoms with van der Waals surface area (Å²) >= 11 is 0. The first-order valence-electron chi connectivity index (χ1n) is 11.8. The van der Waals surface area contributed by atoms with Gasteiger partial charge in [-0.3, -0.25) is 9.10 Å². The molecule has 2 aromatic rings. The molecule has 1 aliphatic rings. The Bertz CT molecular complexity index is 1500. The Kier molecular flexibility index (Phi) is 9.61. The van der Waals surface area contributed by atoms with E-state index in [4.69, 9.17) is 9.47 Å². The van der Waals surface area contributed by atoms with E-state index in [0.29, 0.717) is 0 Å². The normalized spacial score (nSPS) is 15.2. The van der Waals surface area contributed by atoms with E-state index in [1.54, 1.807) is 13.8 Å². The van der Waals surface area contributed by atoms with Crippen LogP contribution in [0.3, 0.4) is 0 Å². The number of rotatable bonds is 11. The molecule has 1 aliphatic heterocycles. The fourth-order valence-electron chi connectivity index (χ4n) is 3.77. The van der Waals surface area contributed by atoms with Crippen molar-refractivity contribution in [1.29, 1.82) is 0 Å². The van der Waals surface area contributed by atoms with Crippen molar-refractivity contribution in [1.82, 2.24) is 9.03 Å². The van der Waals surface area contributed by atoms with Crippen molar-refractivity contribution in [2.24, 2.45) is 0 Å². The standard InChI is InChI=1S/C23H32N4O9S3/c1-17(2)25-38(31,32)20-9-10-22(35-3)21(15-20)24-23(28)16-27(37(4,29)30)18-5-7-19(8-6-18)39(33,34)26-11-13-36-14-12-26/h5-10,15,17,25H,11-14,16H2,1-4H3,(H,24,28). The fraction of sp³-hybridized carbons (Fsp3) is 0.435. The highest BCUT2D eigenvalue weighted by Crippen LogP contribution is 2.28. The smallest absolute Gasteiger partial charge is 0.245 e. The summed E-state index contributed by atoms with van der Waals surface area (Å²) in [6.45, 7) is 3.63. The lowest BCUT2D eigenvalue weighted by atomic mass is 10.3. The summed E-state index contributed by atoms with van der Waals surface area (Å²) in [5.41, 5.74) is 0.0903. The number of ether oxygens (including phenoxy) is 2. The van der Waals surface area contributed by atoms with Gasteiger partial charge in [0.1, 0.15) is 12.3 Å². The number of anilines is 2. The van der Waals surface area contributed by atoms with Crippen molar-refractivity contribution >= 4 is 47.4 Å². The van der Waals surface area contributed by atoms with Crippen LogP contribution in [-0.2, 0) is 39.6 Å². The zero-order chi connectivity index (χ0) is 29.0. The van der Waals surface area contributed by atoms with E-state index >= 15 is 0 Å². The summed E-state index contributed by atoms with van der Waals surface area (Å²) in [6.07, 6.45) is 0.907. The minimum atomic E-state index is -3.98.